The van der Waals surface area contributed by atoms with E-state index in [2.05, 4.69) is 15.6 Å². The second-order valence-electron chi connectivity index (χ2n) is 5.36. The zero-order chi connectivity index (χ0) is 14.4. The van der Waals surface area contributed by atoms with Crippen molar-refractivity contribution in [2.45, 2.75) is 18.9 Å². The first kappa shape index (κ1) is 12.1. The van der Waals surface area contributed by atoms with E-state index < -0.39 is 0 Å². The number of benzene rings is 2. The van der Waals surface area contributed by atoms with Gasteiger partial charge in [-0.25, -0.2) is 9.37 Å². The van der Waals surface area contributed by atoms with Crippen molar-refractivity contribution in [3.8, 4) is 17.5 Å². The lowest BCUT2D eigenvalue weighted by molar-refractivity contribution is 0.628. The van der Waals surface area contributed by atoms with Gasteiger partial charge in [0.15, 0.2) is 0 Å². The number of fused-ring (bicyclic) bond motifs is 1. The Morgan fingerprint density at radius 3 is 2.57 bits per heavy atom. The fraction of sp³-hybridized carbons (Fsp3) is 0.176. The standard InChI is InChI=1S/C17H12FN3/c18-13-4-2-12(3-5-13)17-20-15-9-11(10-19)1-8-16(15)21(17)14-6-7-14/h1-5,8-9,14H,6-7H2. The predicted molar refractivity (Wildman–Crippen MR) is 78.1 cm³/mol. The van der Waals surface area contributed by atoms with Gasteiger partial charge < -0.3 is 4.57 Å². The van der Waals surface area contributed by atoms with Gasteiger partial charge in [0.1, 0.15) is 11.6 Å². The Labute approximate surface area is 121 Å². The number of nitriles is 1. The van der Waals surface area contributed by atoms with E-state index in [1.165, 1.54) is 12.1 Å². The molecule has 102 valence electrons. The molecule has 0 spiro atoms. The minimum absolute atomic E-state index is 0.250. The van der Waals surface area contributed by atoms with Crippen molar-refractivity contribution in [2.24, 2.45) is 0 Å². The molecule has 0 radical (unpaired) electrons. The van der Waals surface area contributed by atoms with E-state index in [0.717, 1.165) is 35.3 Å². The van der Waals surface area contributed by atoms with Gasteiger partial charge in [-0.15, -0.1) is 0 Å². The zero-order valence-corrected chi connectivity index (χ0v) is 11.3. The summed E-state index contributed by atoms with van der Waals surface area (Å²) in [6.07, 6.45) is 2.28. The van der Waals surface area contributed by atoms with Crippen molar-refractivity contribution in [3.05, 3.63) is 53.8 Å². The molecule has 4 heteroatoms. The van der Waals surface area contributed by atoms with Crippen LogP contribution in [0.5, 0.6) is 0 Å². The molecule has 0 unspecified atom stereocenters. The maximum atomic E-state index is 13.1. The molecule has 1 saturated carbocycles. The quantitative estimate of drug-likeness (QED) is 0.709. The molecular weight excluding hydrogens is 265 g/mol. The molecular formula is C17H12FN3. The molecule has 3 nitrogen and oxygen atoms in total. The second-order valence-corrected chi connectivity index (χ2v) is 5.36. The topological polar surface area (TPSA) is 41.6 Å². The average Bonchev–Trinajstić information content (AvgIpc) is 3.27. The Hall–Kier alpha value is -2.67. The van der Waals surface area contributed by atoms with E-state index in [9.17, 15) is 4.39 Å². The first-order valence-electron chi connectivity index (χ1n) is 6.94. The summed E-state index contributed by atoms with van der Waals surface area (Å²) < 4.78 is 15.3. The monoisotopic (exact) mass is 277 g/mol. The summed E-state index contributed by atoms with van der Waals surface area (Å²) in [6, 6.07) is 14.6. The van der Waals surface area contributed by atoms with Crippen LogP contribution in [0.15, 0.2) is 42.5 Å². The van der Waals surface area contributed by atoms with Gasteiger partial charge in [0, 0.05) is 11.6 Å². The molecule has 1 fully saturated rings. The van der Waals surface area contributed by atoms with E-state index in [-0.39, 0.29) is 5.82 Å². The lowest BCUT2D eigenvalue weighted by Crippen LogP contribution is -1.97. The lowest BCUT2D eigenvalue weighted by atomic mass is 10.2. The van der Waals surface area contributed by atoms with E-state index in [1.807, 2.05) is 12.1 Å². The average molecular weight is 277 g/mol. The highest BCUT2D eigenvalue weighted by Gasteiger charge is 2.28. The van der Waals surface area contributed by atoms with Crippen molar-refractivity contribution in [1.29, 1.82) is 5.26 Å². The number of aromatic nitrogens is 2. The number of imidazole rings is 1. The van der Waals surface area contributed by atoms with Crippen LogP contribution in [0.3, 0.4) is 0 Å². The smallest absolute Gasteiger partial charge is 0.141 e. The largest absolute Gasteiger partial charge is 0.321 e. The number of nitrogens with zero attached hydrogens (tertiary/aromatic N) is 3. The van der Waals surface area contributed by atoms with Crippen LogP contribution in [0.4, 0.5) is 4.39 Å². The van der Waals surface area contributed by atoms with Gasteiger partial charge in [-0.3, -0.25) is 0 Å². The second kappa shape index (κ2) is 4.42. The molecule has 0 bridgehead atoms. The SMILES string of the molecule is N#Cc1ccc2c(c1)nc(-c1ccc(F)cc1)n2C1CC1. The van der Waals surface area contributed by atoms with Gasteiger partial charge in [-0.2, -0.15) is 5.26 Å². The maximum absolute atomic E-state index is 13.1. The van der Waals surface area contributed by atoms with Crippen molar-refractivity contribution >= 4 is 11.0 Å². The van der Waals surface area contributed by atoms with Crippen molar-refractivity contribution in [2.75, 3.05) is 0 Å². The third kappa shape index (κ3) is 1.98. The van der Waals surface area contributed by atoms with Crippen LogP contribution >= 0.6 is 0 Å². The molecule has 1 aromatic heterocycles. The van der Waals surface area contributed by atoms with Gasteiger partial charge in [0.05, 0.1) is 22.7 Å². The third-order valence-electron chi connectivity index (χ3n) is 3.83. The molecule has 0 amide bonds. The van der Waals surface area contributed by atoms with Gasteiger partial charge in [-0.1, -0.05) is 0 Å². The number of hydrogen-bond donors (Lipinski definition) is 0. The van der Waals surface area contributed by atoms with Crippen LogP contribution < -0.4 is 0 Å². The molecule has 2 aromatic carbocycles. The highest BCUT2D eigenvalue weighted by Crippen LogP contribution is 2.41. The number of hydrogen-bond acceptors (Lipinski definition) is 2. The minimum atomic E-state index is -0.250. The fourth-order valence-electron chi connectivity index (χ4n) is 2.67. The predicted octanol–water partition coefficient (Wildman–Crippen LogP) is 4.05. The van der Waals surface area contributed by atoms with E-state index >= 15 is 0 Å². The Morgan fingerprint density at radius 2 is 1.90 bits per heavy atom. The minimum Gasteiger partial charge on any atom is -0.321 e. The van der Waals surface area contributed by atoms with Gasteiger partial charge in [0.25, 0.3) is 0 Å². The van der Waals surface area contributed by atoms with Gasteiger partial charge in [-0.05, 0) is 55.3 Å². The van der Waals surface area contributed by atoms with Crippen LogP contribution in [0.2, 0.25) is 0 Å². The molecule has 4 rings (SSSR count). The lowest BCUT2D eigenvalue weighted by Gasteiger charge is -2.07. The molecule has 1 aliphatic rings. The fourth-order valence-corrected chi connectivity index (χ4v) is 2.67. The Morgan fingerprint density at radius 1 is 1.14 bits per heavy atom. The van der Waals surface area contributed by atoms with Crippen molar-refractivity contribution in [1.82, 2.24) is 9.55 Å². The third-order valence-corrected chi connectivity index (χ3v) is 3.83. The van der Waals surface area contributed by atoms with Crippen molar-refractivity contribution in [3.63, 3.8) is 0 Å². The molecule has 1 heterocycles. The highest BCUT2D eigenvalue weighted by atomic mass is 19.1. The zero-order valence-electron chi connectivity index (χ0n) is 11.3. The van der Waals surface area contributed by atoms with Crippen LogP contribution in [-0.2, 0) is 0 Å². The normalized spacial score (nSPS) is 14.3. The highest BCUT2D eigenvalue weighted by molar-refractivity contribution is 5.82. The summed E-state index contributed by atoms with van der Waals surface area (Å²) in [5.74, 6) is 0.599. The van der Waals surface area contributed by atoms with E-state index in [0.29, 0.717) is 11.6 Å². The molecule has 0 N–H and O–H groups in total. The van der Waals surface area contributed by atoms with Crippen LogP contribution in [0, 0.1) is 17.1 Å². The number of halogens is 1. The maximum Gasteiger partial charge on any atom is 0.141 e. The first-order valence-corrected chi connectivity index (χ1v) is 6.94. The molecule has 0 aliphatic heterocycles. The van der Waals surface area contributed by atoms with Crippen molar-refractivity contribution < 1.29 is 4.39 Å². The summed E-state index contributed by atoms with van der Waals surface area (Å²) in [7, 11) is 0. The molecule has 0 atom stereocenters. The van der Waals surface area contributed by atoms with Gasteiger partial charge >= 0.3 is 0 Å². The van der Waals surface area contributed by atoms with Crippen LogP contribution in [0.1, 0.15) is 24.4 Å². The number of rotatable bonds is 2. The Kier molecular flexibility index (Phi) is 2.55. The summed E-state index contributed by atoms with van der Waals surface area (Å²) in [6.45, 7) is 0. The van der Waals surface area contributed by atoms with Crippen LogP contribution in [0.25, 0.3) is 22.4 Å². The van der Waals surface area contributed by atoms with Crippen LogP contribution in [-0.4, -0.2) is 9.55 Å². The molecule has 0 saturated heterocycles. The molecule has 1 aliphatic carbocycles. The first-order chi connectivity index (χ1) is 10.3. The Balaban J connectivity index is 1.97. The summed E-state index contributed by atoms with van der Waals surface area (Å²) in [5, 5.41) is 9.02. The summed E-state index contributed by atoms with van der Waals surface area (Å²) in [4.78, 5) is 4.67. The molecule has 3 aromatic rings. The Bertz CT molecular complexity index is 867. The van der Waals surface area contributed by atoms with Gasteiger partial charge in [0.2, 0.25) is 0 Å². The van der Waals surface area contributed by atoms with E-state index in [1.54, 1.807) is 18.2 Å². The summed E-state index contributed by atoms with van der Waals surface area (Å²) >= 11 is 0. The van der Waals surface area contributed by atoms with E-state index in [4.69, 9.17) is 5.26 Å². The molecule has 21 heavy (non-hydrogen) atoms. The summed E-state index contributed by atoms with van der Waals surface area (Å²) in [5.41, 5.74) is 3.36.